The molecule has 1 aromatic heterocycles. The van der Waals surface area contributed by atoms with E-state index in [1.807, 2.05) is 0 Å². The molecule has 3 aromatic rings. The van der Waals surface area contributed by atoms with E-state index in [-0.39, 0.29) is 28.5 Å². The fourth-order valence-electron chi connectivity index (χ4n) is 3.34. The molecule has 0 unspecified atom stereocenters. The number of anilines is 1. The number of hydrogen-bond acceptors (Lipinski definition) is 5. The lowest BCUT2D eigenvalue weighted by Crippen LogP contribution is -2.31. The second kappa shape index (κ2) is 9.23. The maximum Gasteiger partial charge on any atom is 0.268 e. The molecule has 0 aliphatic carbocycles. The van der Waals surface area contributed by atoms with Crippen LogP contribution in [0.5, 0.6) is 0 Å². The van der Waals surface area contributed by atoms with Gasteiger partial charge >= 0.3 is 0 Å². The molecule has 2 aromatic carbocycles. The second-order valence-corrected chi connectivity index (χ2v) is 8.10. The third-order valence-corrected chi connectivity index (χ3v) is 5.94. The van der Waals surface area contributed by atoms with Crippen LogP contribution in [-0.2, 0) is 26.7 Å². The molecule has 2 heterocycles. The predicted molar refractivity (Wildman–Crippen MR) is 120 cm³/mol. The Morgan fingerprint density at radius 3 is 2.44 bits per heavy atom. The molecule has 32 heavy (non-hydrogen) atoms. The van der Waals surface area contributed by atoms with Crippen LogP contribution in [0.4, 0.5) is 10.1 Å². The predicted octanol–water partition coefficient (Wildman–Crippen LogP) is 4.59. The van der Waals surface area contributed by atoms with Gasteiger partial charge < -0.3 is 9.73 Å². The Bertz CT molecular complexity index is 1200. The molecule has 4 rings (SSSR count). The standard InChI is InChI=1S/C24H19FN2O4S/c1-15(28)26-18-10-8-16(9-11-18)21-22(32-14-19-6-4-12-31-19)24(30)27(23(21)29)13-17-5-2-3-7-20(17)25/h2-12H,13-14H2,1H3,(H,26,28). The quantitative estimate of drug-likeness (QED) is 0.533. The van der Waals surface area contributed by atoms with Crippen LogP contribution < -0.4 is 5.32 Å². The van der Waals surface area contributed by atoms with Crippen molar-refractivity contribution in [3.63, 3.8) is 0 Å². The Balaban J connectivity index is 1.67. The molecule has 0 saturated heterocycles. The SMILES string of the molecule is CC(=O)Nc1ccc(C2=C(SCc3ccco3)C(=O)N(Cc3ccccc3F)C2=O)cc1. The van der Waals surface area contributed by atoms with E-state index in [1.165, 1.54) is 31.0 Å². The smallest absolute Gasteiger partial charge is 0.268 e. The molecule has 0 bridgehead atoms. The summed E-state index contributed by atoms with van der Waals surface area (Å²) in [6.07, 6.45) is 1.54. The Morgan fingerprint density at radius 1 is 1.03 bits per heavy atom. The summed E-state index contributed by atoms with van der Waals surface area (Å²) in [5.74, 6) is -0.637. The molecule has 162 valence electrons. The Labute approximate surface area is 188 Å². The van der Waals surface area contributed by atoms with Crippen LogP contribution in [0.15, 0.2) is 76.2 Å². The van der Waals surface area contributed by atoms with E-state index in [4.69, 9.17) is 4.42 Å². The van der Waals surface area contributed by atoms with E-state index in [1.54, 1.807) is 54.6 Å². The van der Waals surface area contributed by atoms with E-state index in [0.717, 1.165) is 4.90 Å². The number of carbonyl (C=O) groups excluding carboxylic acids is 3. The summed E-state index contributed by atoms with van der Waals surface area (Å²) in [5.41, 5.74) is 1.62. The molecule has 0 saturated carbocycles. The fourth-order valence-corrected chi connectivity index (χ4v) is 4.38. The van der Waals surface area contributed by atoms with E-state index >= 15 is 0 Å². The van der Waals surface area contributed by atoms with Crippen molar-refractivity contribution < 1.29 is 23.2 Å². The summed E-state index contributed by atoms with van der Waals surface area (Å²) < 4.78 is 19.5. The number of carbonyl (C=O) groups is 3. The third-order valence-electron chi connectivity index (χ3n) is 4.84. The van der Waals surface area contributed by atoms with Crippen molar-refractivity contribution in [1.82, 2.24) is 4.90 Å². The van der Waals surface area contributed by atoms with Crippen molar-refractivity contribution in [1.29, 1.82) is 0 Å². The summed E-state index contributed by atoms with van der Waals surface area (Å²) in [6, 6.07) is 16.3. The molecular formula is C24H19FN2O4S. The van der Waals surface area contributed by atoms with Gasteiger partial charge in [0.15, 0.2) is 0 Å². The van der Waals surface area contributed by atoms with E-state index in [9.17, 15) is 18.8 Å². The van der Waals surface area contributed by atoms with Gasteiger partial charge in [0, 0.05) is 18.2 Å². The van der Waals surface area contributed by atoms with Gasteiger partial charge in [-0.25, -0.2) is 4.39 Å². The zero-order valence-electron chi connectivity index (χ0n) is 17.1. The lowest BCUT2D eigenvalue weighted by atomic mass is 10.1. The first-order chi connectivity index (χ1) is 15.4. The van der Waals surface area contributed by atoms with Gasteiger partial charge in [0.05, 0.1) is 29.0 Å². The van der Waals surface area contributed by atoms with E-state index in [0.29, 0.717) is 22.8 Å². The second-order valence-electron chi connectivity index (χ2n) is 7.12. The van der Waals surface area contributed by atoms with Crippen LogP contribution in [0.3, 0.4) is 0 Å². The molecule has 1 aliphatic rings. The normalized spacial score (nSPS) is 13.8. The van der Waals surface area contributed by atoms with Crippen molar-refractivity contribution in [3.05, 3.63) is 94.5 Å². The van der Waals surface area contributed by atoms with E-state index in [2.05, 4.69) is 5.32 Å². The van der Waals surface area contributed by atoms with Crippen LogP contribution in [0, 0.1) is 5.82 Å². The number of imide groups is 1. The first-order valence-corrected chi connectivity index (χ1v) is 10.8. The average Bonchev–Trinajstić information content (AvgIpc) is 3.36. The Hall–Kier alpha value is -3.65. The maximum atomic E-state index is 14.2. The van der Waals surface area contributed by atoms with Crippen molar-refractivity contribution >= 4 is 40.7 Å². The van der Waals surface area contributed by atoms with Gasteiger partial charge in [-0.3, -0.25) is 19.3 Å². The Kier molecular flexibility index (Phi) is 6.23. The molecule has 0 radical (unpaired) electrons. The summed E-state index contributed by atoms with van der Waals surface area (Å²) >= 11 is 1.20. The van der Waals surface area contributed by atoms with Crippen molar-refractivity contribution in [2.24, 2.45) is 0 Å². The third kappa shape index (κ3) is 4.50. The minimum absolute atomic E-state index is 0.164. The number of thioether (sulfide) groups is 1. The highest BCUT2D eigenvalue weighted by Gasteiger charge is 2.39. The van der Waals surface area contributed by atoms with E-state index < -0.39 is 17.6 Å². The Morgan fingerprint density at radius 2 is 1.78 bits per heavy atom. The van der Waals surface area contributed by atoms with Gasteiger partial charge in [0.2, 0.25) is 5.91 Å². The van der Waals surface area contributed by atoms with Gasteiger partial charge in [-0.2, -0.15) is 0 Å². The number of furan rings is 1. The van der Waals surface area contributed by atoms with Crippen LogP contribution in [-0.4, -0.2) is 22.6 Å². The van der Waals surface area contributed by atoms with Crippen LogP contribution in [0.2, 0.25) is 0 Å². The van der Waals surface area contributed by atoms with Gasteiger partial charge in [-0.05, 0) is 35.9 Å². The maximum absolute atomic E-state index is 14.2. The minimum atomic E-state index is -0.493. The highest BCUT2D eigenvalue weighted by molar-refractivity contribution is 8.03. The number of hydrogen-bond donors (Lipinski definition) is 1. The molecule has 0 spiro atoms. The molecule has 0 fully saturated rings. The molecule has 0 atom stereocenters. The van der Waals surface area contributed by atoms with Crippen molar-refractivity contribution in [2.45, 2.75) is 19.2 Å². The lowest BCUT2D eigenvalue weighted by Gasteiger charge is -2.15. The number of rotatable bonds is 7. The molecule has 1 N–H and O–H groups in total. The van der Waals surface area contributed by atoms with Crippen LogP contribution in [0.1, 0.15) is 23.8 Å². The topological polar surface area (TPSA) is 79.6 Å². The van der Waals surface area contributed by atoms with Gasteiger partial charge in [0.1, 0.15) is 11.6 Å². The largest absolute Gasteiger partial charge is 0.468 e. The zero-order chi connectivity index (χ0) is 22.7. The van der Waals surface area contributed by atoms with Crippen molar-refractivity contribution in [3.8, 4) is 0 Å². The minimum Gasteiger partial charge on any atom is -0.468 e. The van der Waals surface area contributed by atoms with Crippen molar-refractivity contribution in [2.75, 3.05) is 5.32 Å². The summed E-state index contributed by atoms with van der Waals surface area (Å²) in [4.78, 5) is 39.1. The molecule has 1 aliphatic heterocycles. The van der Waals surface area contributed by atoms with Gasteiger partial charge in [-0.15, -0.1) is 11.8 Å². The summed E-state index contributed by atoms with van der Waals surface area (Å²) in [7, 11) is 0. The van der Waals surface area contributed by atoms with Crippen LogP contribution in [0.25, 0.3) is 5.57 Å². The van der Waals surface area contributed by atoms with Gasteiger partial charge in [-0.1, -0.05) is 30.3 Å². The number of nitrogens with zero attached hydrogens (tertiary/aromatic N) is 1. The molecular weight excluding hydrogens is 431 g/mol. The zero-order valence-corrected chi connectivity index (χ0v) is 17.9. The van der Waals surface area contributed by atoms with Crippen LogP contribution >= 0.6 is 11.8 Å². The highest BCUT2D eigenvalue weighted by Crippen LogP contribution is 2.38. The first kappa shape index (κ1) is 21.6. The monoisotopic (exact) mass is 450 g/mol. The average molecular weight is 450 g/mol. The van der Waals surface area contributed by atoms with Gasteiger partial charge in [0.25, 0.3) is 11.8 Å². The molecule has 6 nitrogen and oxygen atoms in total. The number of halogens is 1. The first-order valence-electron chi connectivity index (χ1n) is 9.81. The molecule has 3 amide bonds. The summed E-state index contributed by atoms with van der Waals surface area (Å²) in [5, 5.41) is 2.67. The summed E-state index contributed by atoms with van der Waals surface area (Å²) in [6.45, 7) is 1.24. The lowest BCUT2D eigenvalue weighted by molar-refractivity contribution is -0.137. The fraction of sp³-hybridized carbons (Fsp3) is 0.125. The number of amides is 3. The molecule has 8 heteroatoms. The highest BCUT2D eigenvalue weighted by atomic mass is 32.2. The number of nitrogens with one attached hydrogen (secondary N) is 1. The number of benzene rings is 2.